The summed E-state index contributed by atoms with van der Waals surface area (Å²) in [7, 11) is 3.75. The highest BCUT2D eigenvalue weighted by Crippen LogP contribution is 2.20. The SMILES string of the molecule is CCCCC(CCC)OC(=O)C(CO)c1ccccc1.CNC. The summed E-state index contributed by atoms with van der Waals surface area (Å²) in [5, 5.41) is 12.2. The Morgan fingerprint density at radius 3 is 2.22 bits per heavy atom. The van der Waals surface area contributed by atoms with E-state index < -0.39 is 5.92 Å². The van der Waals surface area contributed by atoms with Gasteiger partial charge in [0.15, 0.2) is 0 Å². The van der Waals surface area contributed by atoms with Gasteiger partial charge in [-0.1, -0.05) is 63.4 Å². The number of aliphatic hydroxyl groups excluding tert-OH is 1. The van der Waals surface area contributed by atoms with Crippen molar-refractivity contribution in [2.75, 3.05) is 20.7 Å². The van der Waals surface area contributed by atoms with Crippen LogP contribution in [0.25, 0.3) is 0 Å². The van der Waals surface area contributed by atoms with Crippen molar-refractivity contribution in [2.45, 2.75) is 58.0 Å². The predicted molar refractivity (Wildman–Crippen MR) is 95.6 cm³/mol. The molecule has 23 heavy (non-hydrogen) atoms. The van der Waals surface area contributed by atoms with E-state index in [-0.39, 0.29) is 18.7 Å². The van der Waals surface area contributed by atoms with Gasteiger partial charge in [0.2, 0.25) is 0 Å². The van der Waals surface area contributed by atoms with Crippen molar-refractivity contribution in [3.8, 4) is 0 Å². The van der Waals surface area contributed by atoms with Crippen LogP contribution < -0.4 is 5.32 Å². The van der Waals surface area contributed by atoms with Gasteiger partial charge >= 0.3 is 5.97 Å². The van der Waals surface area contributed by atoms with Crippen LogP contribution in [0.2, 0.25) is 0 Å². The molecule has 0 aliphatic rings. The second-order valence-electron chi connectivity index (χ2n) is 5.64. The quantitative estimate of drug-likeness (QED) is 0.683. The molecule has 0 spiro atoms. The molecule has 1 aromatic carbocycles. The molecule has 0 saturated heterocycles. The highest BCUT2D eigenvalue weighted by Gasteiger charge is 2.24. The number of ether oxygens (including phenoxy) is 1. The number of hydrogen-bond acceptors (Lipinski definition) is 4. The fraction of sp³-hybridized carbons (Fsp3) is 0.632. The Morgan fingerprint density at radius 1 is 1.13 bits per heavy atom. The summed E-state index contributed by atoms with van der Waals surface area (Å²) >= 11 is 0. The van der Waals surface area contributed by atoms with Crippen LogP contribution in [0.1, 0.15) is 57.4 Å². The topological polar surface area (TPSA) is 58.6 Å². The molecule has 0 saturated carbocycles. The normalized spacial score (nSPS) is 12.7. The summed E-state index contributed by atoms with van der Waals surface area (Å²) in [6, 6.07) is 9.33. The minimum absolute atomic E-state index is 0.0230. The maximum Gasteiger partial charge on any atom is 0.316 e. The zero-order valence-corrected chi connectivity index (χ0v) is 15.0. The first-order chi connectivity index (χ1) is 11.1. The highest BCUT2D eigenvalue weighted by atomic mass is 16.5. The highest BCUT2D eigenvalue weighted by molar-refractivity contribution is 5.78. The Balaban J connectivity index is 0.00000149. The number of benzene rings is 1. The molecule has 4 nitrogen and oxygen atoms in total. The van der Waals surface area contributed by atoms with E-state index in [9.17, 15) is 9.90 Å². The fourth-order valence-corrected chi connectivity index (χ4v) is 2.26. The number of hydrogen-bond donors (Lipinski definition) is 2. The number of nitrogens with one attached hydrogen (secondary N) is 1. The van der Waals surface area contributed by atoms with E-state index in [1.54, 1.807) is 0 Å². The zero-order chi connectivity index (χ0) is 17.5. The molecule has 0 aliphatic heterocycles. The largest absolute Gasteiger partial charge is 0.462 e. The Kier molecular flexibility index (Phi) is 13.4. The van der Waals surface area contributed by atoms with E-state index >= 15 is 0 Å². The lowest BCUT2D eigenvalue weighted by Crippen LogP contribution is -2.25. The molecule has 1 rings (SSSR count). The van der Waals surface area contributed by atoms with Gasteiger partial charge < -0.3 is 15.2 Å². The monoisotopic (exact) mass is 323 g/mol. The molecule has 0 bridgehead atoms. The molecule has 0 aromatic heterocycles. The minimum atomic E-state index is -0.572. The second-order valence-corrected chi connectivity index (χ2v) is 5.64. The van der Waals surface area contributed by atoms with E-state index in [0.29, 0.717) is 0 Å². The van der Waals surface area contributed by atoms with Crippen LogP contribution in [0.5, 0.6) is 0 Å². The minimum Gasteiger partial charge on any atom is -0.462 e. The average molecular weight is 323 g/mol. The number of carbonyl (C=O) groups is 1. The van der Waals surface area contributed by atoms with Gasteiger partial charge in [-0.2, -0.15) is 0 Å². The first kappa shape index (κ1) is 21.6. The van der Waals surface area contributed by atoms with Crippen LogP contribution in [-0.2, 0) is 9.53 Å². The Labute approximate surface area is 141 Å². The molecule has 0 amide bonds. The fourth-order valence-electron chi connectivity index (χ4n) is 2.26. The first-order valence-electron chi connectivity index (χ1n) is 8.59. The van der Waals surface area contributed by atoms with E-state index in [4.69, 9.17) is 4.74 Å². The lowest BCUT2D eigenvalue weighted by atomic mass is 10.00. The van der Waals surface area contributed by atoms with Gasteiger partial charge in [-0.15, -0.1) is 0 Å². The molecular weight excluding hydrogens is 290 g/mol. The maximum atomic E-state index is 12.2. The standard InChI is InChI=1S/C17H26O3.C2H7N/c1-3-5-12-15(9-4-2)20-17(19)16(13-18)14-10-7-6-8-11-14;1-3-2/h6-8,10-11,15-16,18H,3-5,9,12-13H2,1-2H3;3H,1-2H3. The van der Waals surface area contributed by atoms with Crippen LogP contribution in [0, 0.1) is 0 Å². The van der Waals surface area contributed by atoms with Crippen LogP contribution in [-0.4, -0.2) is 37.9 Å². The van der Waals surface area contributed by atoms with Crippen molar-refractivity contribution in [1.29, 1.82) is 0 Å². The smallest absolute Gasteiger partial charge is 0.316 e. The van der Waals surface area contributed by atoms with Crippen molar-refractivity contribution < 1.29 is 14.6 Å². The summed E-state index contributed by atoms with van der Waals surface area (Å²) in [6.07, 6.45) is 4.93. The summed E-state index contributed by atoms with van der Waals surface area (Å²) < 4.78 is 5.60. The molecule has 2 atom stereocenters. The molecule has 0 fully saturated rings. The van der Waals surface area contributed by atoms with Gasteiger partial charge in [-0.3, -0.25) is 4.79 Å². The van der Waals surface area contributed by atoms with Gasteiger partial charge in [0.25, 0.3) is 0 Å². The van der Waals surface area contributed by atoms with Gasteiger partial charge in [0.1, 0.15) is 12.0 Å². The van der Waals surface area contributed by atoms with Crippen LogP contribution in [0.3, 0.4) is 0 Å². The summed E-state index contributed by atoms with van der Waals surface area (Å²) in [5.41, 5.74) is 0.811. The van der Waals surface area contributed by atoms with Gasteiger partial charge in [0, 0.05) is 0 Å². The lowest BCUT2D eigenvalue weighted by molar-refractivity contribution is -0.152. The number of esters is 1. The van der Waals surface area contributed by atoms with Gasteiger partial charge in [0.05, 0.1) is 6.61 Å². The average Bonchev–Trinajstić information content (AvgIpc) is 2.55. The second kappa shape index (κ2) is 14.2. The van der Waals surface area contributed by atoms with E-state index in [2.05, 4.69) is 19.2 Å². The molecule has 2 unspecified atom stereocenters. The number of aliphatic hydroxyl groups is 1. The third-order valence-electron chi connectivity index (χ3n) is 3.44. The van der Waals surface area contributed by atoms with Crippen molar-refractivity contribution in [3.05, 3.63) is 35.9 Å². The summed E-state index contributed by atoms with van der Waals surface area (Å²) in [5.74, 6) is -0.884. The number of carbonyl (C=O) groups excluding carboxylic acids is 1. The summed E-state index contributed by atoms with van der Waals surface area (Å²) in [4.78, 5) is 12.2. The molecule has 1 aromatic rings. The van der Waals surface area contributed by atoms with Gasteiger partial charge in [-0.05, 0) is 32.5 Å². The first-order valence-corrected chi connectivity index (χ1v) is 8.59. The third kappa shape index (κ3) is 9.36. The third-order valence-corrected chi connectivity index (χ3v) is 3.44. The van der Waals surface area contributed by atoms with Crippen molar-refractivity contribution in [2.24, 2.45) is 0 Å². The van der Waals surface area contributed by atoms with Crippen LogP contribution in [0.4, 0.5) is 0 Å². The zero-order valence-electron chi connectivity index (χ0n) is 15.0. The Hall–Kier alpha value is -1.39. The molecule has 0 radical (unpaired) electrons. The van der Waals surface area contributed by atoms with Crippen molar-refractivity contribution in [3.63, 3.8) is 0 Å². The van der Waals surface area contributed by atoms with E-state index in [1.807, 2.05) is 44.4 Å². The molecule has 0 aliphatic carbocycles. The Morgan fingerprint density at radius 2 is 1.74 bits per heavy atom. The molecular formula is C19H33NO3. The molecule has 2 N–H and O–H groups in total. The van der Waals surface area contributed by atoms with Crippen molar-refractivity contribution in [1.82, 2.24) is 5.32 Å². The molecule has 132 valence electrons. The van der Waals surface area contributed by atoms with Crippen molar-refractivity contribution >= 4 is 5.97 Å². The van der Waals surface area contributed by atoms with Gasteiger partial charge in [-0.25, -0.2) is 0 Å². The lowest BCUT2D eigenvalue weighted by Gasteiger charge is -2.21. The number of unbranched alkanes of at least 4 members (excludes halogenated alkanes) is 1. The van der Waals surface area contributed by atoms with E-state index in [1.165, 1.54) is 0 Å². The molecule has 0 heterocycles. The Bertz CT molecular complexity index is 395. The summed E-state index contributed by atoms with van der Waals surface area (Å²) in [6.45, 7) is 4.01. The maximum absolute atomic E-state index is 12.2. The predicted octanol–water partition coefficient (Wildman–Crippen LogP) is 3.50. The number of rotatable bonds is 9. The molecule has 4 heteroatoms. The van der Waals surface area contributed by atoms with E-state index in [0.717, 1.165) is 37.7 Å². The van der Waals surface area contributed by atoms with Crippen LogP contribution >= 0.6 is 0 Å². The van der Waals surface area contributed by atoms with Crippen LogP contribution in [0.15, 0.2) is 30.3 Å².